The minimum Gasteiger partial charge on any atom is -0.348 e. The van der Waals surface area contributed by atoms with Gasteiger partial charge in [0.05, 0.1) is 33.1 Å². The zero-order valence-electron chi connectivity index (χ0n) is 17.5. The van der Waals surface area contributed by atoms with Crippen LogP contribution in [0.3, 0.4) is 0 Å². The van der Waals surface area contributed by atoms with Crippen LogP contribution in [0.4, 0.5) is 5.69 Å². The first kappa shape index (κ1) is 24.8. The van der Waals surface area contributed by atoms with Crippen LogP contribution in [0.2, 0.25) is 15.1 Å². The molecule has 0 aliphatic carbocycles. The van der Waals surface area contributed by atoms with E-state index in [0.717, 1.165) is 16.1 Å². The van der Waals surface area contributed by atoms with Gasteiger partial charge in [0.2, 0.25) is 15.9 Å². The van der Waals surface area contributed by atoms with Gasteiger partial charge in [0.25, 0.3) is 0 Å². The van der Waals surface area contributed by atoms with Crippen LogP contribution in [-0.4, -0.2) is 27.1 Å². The molecule has 2 aromatic carbocycles. The summed E-state index contributed by atoms with van der Waals surface area (Å²) in [5, 5.41) is 3.23. The van der Waals surface area contributed by atoms with Crippen LogP contribution in [0.5, 0.6) is 0 Å². The molecule has 0 spiro atoms. The summed E-state index contributed by atoms with van der Waals surface area (Å²) in [6.45, 7) is 7.77. The normalized spacial score (nSPS) is 13.1. The highest BCUT2D eigenvalue weighted by molar-refractivity contribution is 7.92. The second kappa shape index (κ2) is 9.35. The van der Waals surface area contributed by atoms with E-state index >= 15 is 0 Å². The van der Waals surface area contributed by atoms with E-state index in [0.29, 0.717) is 0 Å². The number of anilines is 1. The molecule has 0 aliphatic rings. The van der Waals surface area contributed by atoms with Crippen molar-refractivity contribution in [1.82, 2.24) is 5.32 Å². The van der Waals surface area contributed by atoms with Crippen molar-refractivity contribution in [3.63, 3.8) is 0 Å². The largest absolute Gasteiger partial charge is 0.348 e. The van der Waals surface area contributed by atoms with Crippen molar-refractivity contribution in [3.05, 3.63) is 62.6 Å². The Morgan fingerprint density at radius 3 is 2.07 bits per heavy atom. The Bertz CT molecular complexity index is 1030. The third-order valence-electron chi connectivity index (χ3n) is 4.60. The zero-order valence-corrected chi connectivity index (χ0v) is 20.5. The fourth-order valence-electron chi connectivity index (χ4n) is 2.86. The molecule has 0 fully saturated rings. The molecule has 0 unspecified atom stereocenters. The zero-order chi connectivity index (χ0) is 22.9. The van der Waals surface area contributed by atoms with Crippen molar-refractivity contribution in [3.8, 4) is 0 Å². The maximum atomic E-state index is 12.6. The summed E-state index contributed by atoms with van der Waals surface area (Å²) in [6.07, 6.45) is 0.994. The first-order chi connectivity index (χ1) is 13.7. The molecule has 1 atom stereocenters. The van der Waals surface area contributed by atoms with Gasteiger partial charge < -0.3 is 5.32 Å². The molecule has 0 radical (unpaired) electrons. The number of carbonyl (C=O) groups is 1. The Kier molecular flexibility index (Phi) is 7.73. The van der Waals surface area contributed by atoms with Crippen LogP contribution in [-0.2, 0) is 20.2 Å². The first-order valence-electron chi connectivity index (χ1n) is 9.22. The second-order valence-electron chi connectivity index (χ2n) is 8.15. The number of carbonyl (C=O) groups excluding carboxylic acids is 1. The van der Waals surface area contributed by atoms with Crippen LogP contribution >= 0.6 is 34.8 Å². The monoisotopic (exact) mass is 490 g/mol. The van der Waals surface area contributed by atoms with Crippen molar-refractivity contribution in [2.75, 3.05) is 17.1 Å². The summed E-state index contributed by atoms with van der Waals surface area (Å²) in [6, 6.07) is 10.3. The SMILES string of the molecule is C[C@@H](NC(=O)CN(c1cc(Cl)c(Cl)cc1Cl)S(C)(=O)=O)c1ccc(C(C)(C)C)cc1. The molecule has 1 N–H and O–H groups in total. The Morgan fingerprint density at radius 2 is 1.57 bits per heavy atom. The maximum Gasteiger partial charge on any atom is 0.241 e. The van der Waals surface area contributed by atoms with Crippen molar-refractivity contribution in [1.29, 1.82) is 0 Å². The van der Waals surface area contributed by atoms with E-state index in [2.05, 4.69) is 26.1 Å². The summed E-state index contributed by atoms with van der Waals surface area (Å²) in [5.74, 6) is -0.477. The number of hydrogen-bond donors (Lipinski definition) is 1. The van der Waals surface area contributed by atoms with Crippen molar-refractivity contribution in [2.24, 2.45) is 0 Å². The summed E-state index contributed by atoms with van der Waals surface area (Å²) >= 11 is 18.1. The highest BCUT2D eigenvalue weighted by Gasteiger charge is 2.25. The molecule has 30 heavy (non-hydrogen) atoms. The molecule has 0 aliphatic heterocycles. The van der Waals surface area contributed by atoms with Crippen molar-refractivity contribution >= 4 is 56.4 Å². The minimum atomic E-state index is -3.80. The molecule has 0 bridgehead atoms. The number of nitrogens with one attached hydrogen (secondary N) is 1. The van der Waals surface area contributed by atoms with Gasteiger partial charge in [0.1, 0.15) is 6.54 Å². The highest BCUT2D eigenvalue weighted by atomic mass is 35.5. The number of hydrogen-bond acceptors (Lipinski definition) is 3. The molecule has 5 nitrogen and oxygen atoms in total. The van der Waals surface area contributed by atoms with Crippen molar-refractivity contribution in [2.45, 2.75) is 39.2 Å². The summed E-state index contributed by atoms with van der Waals surface area (Å²) < 4.78 is 25.5. The summed E-state index contributed by atoms with van der Waals surface area (Å²) in [5.41, 5.74) is 2.21. The van der Waals surface area contributed by atoms with E-state index in [1.165, 1.54) is 17.7 Å². The lowest BCUT2D eigenvalue weighted by atomic mass is 9.86. The number of halogens is 3. The fourth-order valence-corrected chi connectivity index (χ4v) is 4.41. The standard InChI is InChI=1S/C21H25Cl3N2O3S/c1-13(14-6-8-15(9-7-14)21(2,3)4)25-20(27)12-26(30(5,28)29)19-11-17(23)16(22)10-18(19)24/h6-11,13H,12H2,1-5H3,(H,25,27)/t13-/m1/s1. The second-order valence-corrected chi connectivity index (χ2v) is 11.3. The molecular weight excluding hydrogens is 467 g/mol. The number of amides is 1. The quantitative estimate of drug-likeness (QED) is 0.536. The number of sulfonamides is 1. The summed E-state index contributed by atoms with van der Waals surface area (Å²) in [7, 11) is -3.80. The lowest BCUT2D eigenvalue weighted by Crippen LogP contribution is -2.41. The van der Waals surface area contributed by atoms with Crippen LogP contribution in [0.1, 0.15) is 44.9 Å². The first-order valence-corrected chi connectivity index (χ1v) is 12.2. The number of nitrogens with zero attached hydrogens (tertiary/aromatic N) is 1. The van der Waals surface area contributed by atoms with Gasteiger partial charge >= 0.3 is 0 Å². The van der Waals surface area contributed by atoms with E-state index in [-0.39, 0.29) is 32.2 Å². The molecule has 2 rings (SSSR count). The Labute approximate surface area is 193 Å². The van der Waals surface area contributed by atoms with Crippen LogP contribution in [0.25, 0.3) is 0 Å². The van der Waals surface area contributed by atoms with Crippen LogP contribution < -0.4 is 9.62 Å². The molecular formula is C21H25Cl3N2O3S. The predicted octanol–water partition coefficient (Wildman–Crippen LogP) is 5.59. The van der Waals surface area contributed by atoms with Crippen molar-refractivity contribution < 1.29 is 13.2 Å². The van der Waals surface area contributed by atoms with Gasteiger partial charge in [-0.1, -0.05) is 79.8 Å². The third-order valence-corrected chi connectivity index (χ3v) is 6.75. The Balaban J connectivity index is 2.20. The number of rotatable bonds is 6. The fraction of sp³-hybridized carbons (Fsp3) is 0.381. The maximum absolute atomic E-state index is 12.6. The minimum absolute atomic E-state index is 0.0279. The van der Waals surface area contributed by atoms with Gasteiger partial charge in [-0.3, -0.25) is 9.10 Å². The number of benzene rings is 2. The van der Waals surface area contributed by atoms with Gasteiger partial charge in [-0.15, -0.1) is 0 Å². The Morgan fingerprint density at radius 1 is 1.03 bits per heavy atom. The van der Waals surface area contributed by atoms with Gasteiger partial charge in [-0.2, -0.15) is 0 Å². The average molecular weight is 492 g/mol. The van der Waals surface area contributed by atoms with E-state index < -0.39 is 22.5 Å². The van der Waals surface area contributed by atoms with E-state index in [1.807, 2.05) is 31.2 Å². The Hall–Kier alpha value is -1.47. The van der Waals surface area contributed by atoms with E-state index in [4.69, 9.17) is 34.8 Å². The third kappa shape index (κ3) is 6.27. The average Bonchev–Trinajstić information content (AvgIpc) is 2.61. The molecule has 0 heterocycles. The molecule has 0 aromatic heterocycles. The molecule has 0 saturated heterocycles. The van der Waals surface area contributed by atoms with Crippen LogP contribution in [0.15, 0.2) is 36.4 Å². The molecule has 2 aromatic rings. The molecule has 0 saturated carbocycles. The highest BCUT2D eigenvalue weighted by Crippen LogP contribution is 2.35. The molecule has 164 valence electrons. The summed E-state index contributed by atoms with van der Waals surface area (Å²) in [4.78, 5) is 12.6. The van der Waals surface area contributed by atoms with E-state index in [9.17, 15) is 13.2 Å². The molecule has 1 amide bonds. The van der Waals surface area contributed by atoms with Gasteiger partial charge in [0.15, 0.2) is 0 Å². The van der Waals surface area contributed by atoms with Gasteiger partial charge in [-0.25, -0.2) is 8.42 Å². The predicted molar refractivity (Wildman–Crippen MR) is 125 cm³/mol. The smallest absolute Gasteiger partial charge is 0.241 e. The van der Waals surface area contributed by atoms with E-state index in [1.54, 1.807) is 0 Å². The van der Waals surface area contributed by atoms with Crippen LogP contribution in [0, 0.1) is 0 Å². The molecule has 9 heteroatoms. The lowest BCUT2D eigenvalue weighted by Gasteiger charge is -2.25. The lowest BCUT2D eigenvalue weighted by molar-refractivity contribution is -0.120. The van der Waals surface area contributed by atoms with Gasteiger partial charge in [0, 0.05) is 0 Å². The van der Waals surface area contributed by atoms with Gasteiger partial charge in [-0.05, 0) is 35.6 Å². The topological polar surface area (TPSA) is 66.5 Å².